The van der Waals surface area contributed by atoms with Crippen LogP contribution in [0.1, 0.15) is 136 Å². The molecule has 6 heteroatoms. The van der Waals surface area contributed by atoms with Gasteiger partial charge in [0, 0.05) is 42.0 Å². The lowest BCUT2D eigenvalue weighted by Crippen LogP contribution is -2.69. The van der Waals surface area contributed by atoms with Gasteiger partial charge in [-0.3, -0.25) is 4.99 Å². The van der Waals surface area contributed by atoms with Gasteiger partial charge in [0.1, 0.15) is 6.10 Å². The Morgan fingerprint density at radius 3 is 2.22 bits per heavy atom. The summed E-state index contributed by atoms with van der Waals surface area (Å²) in [5.74, 6) is 0.0604. The maximum atomic E-state index is 12.5. The molecule has 4 saturated carbocycles. The standard InChI is InChI=1S/C35H57NO5/c1-3-4-5-6-7-8-9-10-11-12-23-36-25-33-20-15-26(37)24-34(33,39)21-17-28-27(33)16-19-32(2)29(18-22-35(28,32)40)30-13-14-31(38)41-30/h13-14,25-30,37,39-40H,3-12,15-24H2,1-2H3. The van der Waals surface area contributed by atoms with E-state index in [-0.39, 0.29) is 35.2 Å². The highest BCUT2D eigenvalue weighted by molar-refractivity contribution is 5.84. The van der Waals surface area contributed by atoms with E-state index in [1.807, 2.05) is 6.08 Å². The van der Waals surface area contributed by atoms with Gasteiger partial charge in [-0.2, -0.15) is 0 Å². The zero-order valence-corrected chi connectivity index (χ0v) is 25.9. The summed E-state index contributed by atoms with van der Waals surface area (Å²) in [5.41, 5.74) is -2.65. The Hall–Kier alpha value is -1.24. The Kier molecular flexibility index (Phi) is 9.72. The molecule has 0 spiro atoms. The topological polar surface area (TPSA) is 99.4 Å². The molecule has 1 aliphatic heterocycles. The molecule has 4 aliphatic carbocycles. The number of carbonyl (C=O) groups excluding carboxylic acids is 1. The van der Waals surface area contributed by atoms with Crippen LogP contribution in [0.25, 0.3) is 0 Å². The van der Waals surface area contributed by atoms with Crippen LogP contribution in [0.4, 0.5) is 0 Å². The number of carbonyl (C=O) groups is 1. The number of nitrogens with zero attached hydrogens (tertiary/aromatic N) is 1. The van der Waals surface area contributed by atoms with Crippen molar-refractivity contribution in [2.75, 3.05) is 6.54 Å². The van der Waals surface area contributed by atoms with Crippen LogP contribution in [0.15, 0.2) is 17.1 Å². The molecule has 0 amide bonds. The third-order valence-electron chi connectivity index (χ3n) is 12.6. The molecule has 41 heavy (non-hydrogen) atoms. The molecule has 1 heterocycles. The van der Waals surface area contributed by atoms with Crippen LogP contribution in [0.2, 0.25) is 0 Å². The molecule has 0 aromatic rings. The van der Waals surface area contributed by atoms with Crippen LogP contribution in [0.5, 0.6) is 0 Å². The summed E-state index contributed by atoms with van der Waals surface area (Å²) in [6.07, 6.45) is 24.3. The van der Waals surface area contributed by atoms with E-state index >= 15 is 0 Å². The van der Waals surface area contributed by atoms with Gasteiger partial charge in [0.05, 0.1) is 17.3 Å². The number of fused-ring (bicyclic) bond motifs is 5. The Morgan fingerprint density at radius 2 is 1.54 bits per heavy atom. The van der Waals surface area contributed by atoms with Crippen molar-refractivity contribution in [2.45, 2.75) is 159 Å². The lowest BCUT2D eigenvalue weighted by molar-refractivity contribution is -0.241. The quantitative estimate of drug-likeness (QED) is 0.130. The number of aliphatic hydroxyl groups is 3. The van der Waals surface area contributed by atoms with Gasteiger partial charge in [-0.15, -0.1) is 0 Å². The number of hydrogen-bond acceptors (Lipinski definition) is 6. The van der Waals surface area contributed by atoms with Gasteiger partial charge in [0.25, 0.3) is 0 Å². The van der Waals surface area contributed by atoms with E-state index in [0.717, 1.165) is 45.1 Å². The van der Waals surface area contributed by atoms with Crippen molar-refractivity contribution in [3.05, 3.63) is 12.2 Å². The maximum absolute atomic E-state index is 12.5. The first-order valence-electron chi connectivity index (χ1n) is 17.2. The molecule has 4 fully saturated rings. The summed E-state index contributed by atoms with van der Waals surface area (Å²) in [7, 11) is 0. The predicted octanol–water partition coefficient (Wildman–Crippen LogP) is 6.69. The van der Waals surface area contributed by atoms with Crippen molar-refractivity contribution < 1.29 is 24.9 Å². The summed E-state index contributed by atoms with van der Waals surface area (Å²) in [5, 5.41) is 35.3. The highest BCUT2D eigenvalue weighted by Gasteiger charge is 2.71. The molecule has 5 rings (SSSR count). The fourth-order valence-corrected chi connectivity index (χ4v) is 10.3. The highest BCUT2D eigenvalue weighted by atomic mass is 16.5. The average molecular weight is 572 g/mol. The number of rotatable bonds is 13. The first-order chi connectivity index (χ1) is 19.7. The Balaban J connectivity index is 1.24. The predicted molar refractivity (Wildman–Crippen MR) is 163 cm³/mol. The summed E-state index contributed by atoms with van der Waals surface area (Å²) in [4.78, 5) is 16.9. The van der Waals surface area contributed by atoms with Crippen LogP contribution < -0.4 is 0 Å². The fraction of sp³-hybridized carbons (Fsp3) is 0.886. The molecule has 232 valence electrons. The van der Waals surface area contributed by atoms with E-state index < -0.39 is 22.7 Å². The number of aliphatic imine (C=N–C) groups is 1. The van der Waals surface area contributed by atoms with Crippen LogP contribution >= 0.6 is 0 Å². The molecular formula is C35H57NO5. The molecule has 9 unspecified atom stereocenters. The Morgan fingerprint density at radius 1 is 0.878 bits per heavy atom. The summed E-state index contributed by atoms with van der Waals surface area (Å²) in [6, 6.07) is 0. The SMILES string of the molecule is CCCCCCCCCCCCN=CC12CCC(O)CC1(O)CCC1C2CCC2(C)C(C3C=CC(=O)O3)CCC12O. The van der Waals surface area contributed by atoms with Crippen LogP contribution in [-0.4, -0.2) is 57.5 Å². The van der Waals surface area contributed by atoms with E-state index in [4.69, 9.17) is 9.73 Å². The average Bonchev–Trinajstić information content (AvgIpc) is 3.49. The van der Waals surface area contributed by atoms with Crippen molar-refractivity contribution in [3.63, 3.8) is 0 Å². The monoisotopic (exact) mass is 571 g/mol. The number of hydrogen-bond donors (Lipinski definition) is 3. The summed E-state index contributed by atoms with van der Waals surface area (Å²) in [6.45, 7) is 5.27. The van der Waals surface area contributed by atoms with Crippen LogP contribution in [0.3, 0.4) is 0 Å². The third-order valence-corrected chi connectivity index (χ3v) is 12.6. The molecule has 0 radical (unpaired) electrons. The van der Waals surface area contributed by atoms with Gasteiger partial charge >= 0.3 is 5.97 Å². The fourth-order valence-electron chi connectivity index (χ4n) is 10.3. The molecule has 5 aliphatic rings. The van der Waals surface area contributed by atoms with Crippen molar-refractivity contribution in [2.24, 2.45) is 33.6 Å². The number of unbranched alkanes of at least 4 members (excludes halogenated alkanes) is 9. The van der Waals surface area contributed by atoms with Gasteiger partial charge in [-0.1, -0.05) is 71.6 Å². The number of esters is 1. The van der Waals surface area contributed by atoms with Crippen molar-refractivity contribution in [1.82, 2.24) is 0 Å². The van der Waals surface area contributed by atoms with Gasteiger partial charge in [-0.25, -0.2) is 4.79 Å². The smallest absolute Gasteiger partial charge is 0.331 e. The minimum absolute atomic E-state index is 0.0756. The molecule has 0 aromatic heterocycles. The summed E-state index contributed by atoms with van der Waals surface area (Å²) < 4.78 is 5.65. The largest absolute Gasteiger partial charge is 0.455 e. The molecule has 9 atom stereocenters. The second-order valence-corrected chi connectivity index (χ2v) is 14.7. The highest BCUT2D eigenvalue weighted by Crippen LogP contribution is 2.70. The van der Waals surface area contributed by atoms with E-state index in [1.54, 1.807) is 0 Å². The zero-order chi connectivity index (χ0) is 29.1. The molecule has 3 N–H and O–H groups in total. The van der Waals surface area contributed by atoms with Crippen molar-refractivity contribution in [1.29, 1.82) is 0 Å². The van der Waals surface area contributed by atoms with Gasteiger partial charge in [0.2, 0.25) is 0 Å². The van der Waals surface area contributed by atoms with Gasteiger partial charge in [0.15, 0.2) is 0 Å². The van der Waals surface area contributed by atoms with E-state index in [0.29, 0.717) is 25.7 Å². The van der Waals surface area contributed by atoms with E-state index in [1.165, 1.54) is 63.9 Å². The molecule has 0 saturated heterocycles. The minimum atomic E-state index is -0.973. The normalized spacial score (nSPS) is 43.6. The van der Waals surface area contributed by atoms with Crippen molar-refractivity contribution >= 4 is 12.2 Å². The second-order valence-electron chi connectivity index (χ2n) is 14.7. The number of cyclic esters (lactones) is 1. The van der Waals surface area contributed by atoms with Crippen LogP contribution in [0, 0.1) is 28.6 Å². The maximum Gasteiger partial charge on any atom is 0.331 e. The number of ether oxygens (including phenoxy) is 1. The first kappa shape index (κ1) is 31.2. The Labute approximate surface area is 248 Å². The van der Waals surface area contributed by atoms with E-state index in [2.05, 4.69) is 20.1 Å². The van der Waals surface area contributed by atoms with Gasteiger partial charge < -0.3 is 20.1 Å². The minimum Gasteiger partial charge on any atom is -0.455 e. The number of aliphatic hydroxyl groups excluding tert-OH is 1. The van der Waals surface area contributed by atoms with E-state index in [9.17, 15) is 20.1 Å². The first-order valence-corrected chi connectivity index (χ1v) is 17.2. The second kappa shape index (κ2) is 12.8. The molecule has 0 bridgehead atoms. The van der Waals surface area contributed by atoms with Gasteiger partial charge in [-0.05, 0) is 75.7 Å². The van der Waals surface area contributed by atoms with Crippen molar-refractivity contribution in [3.8, 4) is 0 Å². The molecule has 0 aromatic carbocycles. The lowest BCUT2D eigenvalue weighted by atomic mass is 9.41. The molecular weight excluding hydrogens is 514 g/mol. The third kappa shape index (κ3) is 5.71. The summed E-state index contributed by atoms with van der Waals surface area (Å²) >= 11 is 0. The lowest BCUT2D eigenvalue weighted by Gasteiger charge is -2.65. The Bertz CT molecular complexity index is 966. The zero-order valence-electron chi connectivity index (χ0n) is 25.9. The van der Waals surface area contributed by atoms with Crippen LogP contribution in [-0.2, 0) is 9.53 Å². The molecule has 6 nitrogen and oxygen atoms in total.